The molecule has 1 aliphatic heterocycles. The monoisotopic (exact) mass is 382 g/mol. The molecule has 2 heterocycles. The van der Waals surface area contributed by atoms with Crippen LogP contribution in [0.5, 0.6) is 0 Å². The number of halogens is 3. The molecule has 6 heteroatoms. The molecular weight excluding hydrogens is 365 g/mol. The zero-order valence-corrected chi connectivity index (χ0v) is 15.0. The van der Waals surface area contributed by atoms with Gasteiger partial charge in [-0.05, 0) is 24.1 Å². The highest BCUT2D eigenvalue weighted by Crippen LogP contribution is 2.44. The van der Waals surface area contributed by atoms with Gasteiger partial charge in [0.25, 0.3) is 0 Å². The van der Waals surface area contributed by atoms with E-state index in [1.54, 1.807) is 37.3 Å². The normalized spacial score (nSPS) is 17.3. The van der Waals surface area contributed by atoms with E-state index in [1.807, 2.05) is 36.4 Å². The number of allylic oxidation sites excluding steroid dienone is 3. The largest absolute Gasteiger partial charge is 0.430 e. The van der Waals surface area contributed by atoms with Crippen molar-refractivity contribution in [3.05, 3.63) is 101 Å². The van der Waals surface area contributed by atoms with E-state index in [1.165, 1.54) is 6.08 Å². The highest BCUT2D eigenvalue weighted by Gasteiger charge is 2.40. The molecule has 1 N–H and O–H groups in total. The van der Waals surface area contributed by atoms with Gasteiger partial charge in [-0.15, -0.1) is 0 Å². The van der Waals surface area contributed by atoms with Gasteiger partial charge in [-0.25, -0.2) is 0 Å². The van der Waals surface area contributed by atoms with E-state index in [-0.39, 0.29) is 0 Å². The average molecular weight is 382 g/mol. The molecule has 28 heavy (non-hydrogen) atoms. The number of hydrogen-bond acceptors (Lipinski definition) is 3. The minimum absolute atomic E-state index is 0.362. The second kappa shape index (κ2) is 7.03. The molecule has 1 aliphatic rings. The Morgan fingerprint density at radius 1 is 0.964 bits per heavy atom. The molecular formula is C22H17F3N2O. The Balaban J connectivity index is 1.98. The van der Waals surface area contributed by atoms with Crippen LogP contribution in [0.3, 0.4) is 0 Å². The molecule has 4 rings (SSSR count). The van der Waals surface area contributed by atoms with E-state index in [2.05, 4.69) is 10.5 Å². The summed E-state index contributed by atoms with van der Waals surface area (Å²) in [4.78, 5) is 0. The minimum Gasteiger partial charge on any atom is -0.356 e. The summed E-state index contributed by atoms with van der Waals surface area (Å²) in [6, 6.07) is 19.8. The third-order valence-electron chi connectivity index (χ3n) is 4.59. The Bertz CT molecular complexity index is 1030. The lowest BCUT2D eigenvalue weighted by atomic mass is 9.83. The molecule has 0 fully saturated rings. The quantitative estimate of drug-likeness (QED) is 0.633. The summed E-state index contributed by atoms with van der Waals surface area (Å²) in [5.41, 5.74) is 2.23. The highest BCUT2D eigenvalue weighted by molar-refractivity contribution is 5.94. The van der Waals surface area contributed by atoms with Crippen molar-refractivity contribution in [2.75, 3.05) is 0 Å². The van der Waals surface area contributed by atoms with Gasteiger partial charge < -0.3 is 9.84 Å². The Hall–Kier alpha value is -3.28. The standard InChI is InChI=1S/C22H17F3N2O/c1-14-12-18(28-27-14)20-17(15-8-4-2-5-9-15)13-19(22(23,24)25)26-21(20)16-10-6-3-7-11-16/h2-13,17,26H,1H3. The predicted octanol–water partition coefficient (Wildman–Crippen LogP) is 5.68. The molecule has 0 amide bonds. The van der Waals surface area contributed by atoms with Gasteiger partial charge >= 0.3 is 6.18 Å². The van der Waals surface area contributed by atoms with Crippen LogP contribution < -0.4 is 5.32 Å². The fourth-order valence-corrected chi connectivity index (χ4v) is 3.34. The lowest BCUT2D eigenvalue weighted by Gasteiger charge is -2.29. The molecule has 0 saturated heterocycles. The van der Waals surface area contributed by atoms with E-state index in [0.29, 0.717) is 28.3 Å². The molecule has 1 atom stereocenters. The summed E-state index contributed by atoms with van der Waals surface area (Å²) >= 11 is 0. The van der Waals surface area contributed by atoms with E-state index >= 15 is 0 Å². The SMILES string of the molecule is Cc1cc(C2=C(c3ccccc3)NC(C(F)(F)F)=CC2c2ccccc2)on1. The summed E-state index contributed by atoms with van der Waals surface area (Å²) in [6.45, 7) is 1.78. The molecule has 3 aromatic rings. The van der Waals surface area contributed by atoms with E-state index in [9.17, 15) is 13.2 Å². The third-order valence-corrected chi connectivity index (χ3v) is 4.59. The van der Waals surface area contributed by atoms with Crippen molar-refractivity contribution in [2.45, 2.75) is 19.0 Å². The van der Waals surface area contributed by atoms with Crippen LogP contribution >= 0.6 is 0 Å². The van der Waals surface area contributed by atoms with Crippen LogP contribution in [0.15, 0.2) is 83.0 Å². The van der Waals surface area contributed by atoms with Crippen molar-refractivity contribution < 1.29 is 17.7 Å². The Morgan fingerprint density at radius 2 is 1.61 bits per heavy atom. The molecule has 0 saturated carbocycles. The predicted molar refractivity (Wildman–Crippen MR) is 101 cm³/mol. The van der Waals surface area contributed by atoms with Gasteiger partial charge in [-0.3, -0.25) is 0 Å². The molecule has 2 aromatic carbocycles. The maximum atomic E-state index is 13.7. The second-order valence-electron chi connectivity index (χ2n) is 6.58. The Morgan fingerprint density at radius 3 is 2.18 bits per heavy atom. The van der Waals surface area contributed by atoms with Crippen LogP contribution in [-0.4, -0.2) is 11.3 Å². The van der Waals surface area contributed by atoms with Crippen LogP contribution in [-0.2, 0) is 0 Å². The van der Waals surface area contributed by atoms with Gasteiger partial charge in [0, 0.05) is 17.6 Å². The smallest absolute Gasteiger partial charge is 0.356 e. The fraction of sp³-hybridized carbons (Fsp3) is 0.136. The fourth-order valence-electron chi connectivity index (χ4n) is 3.34. The van der Waals surface area contributed by atoms with E-state index < -0.39 is 17.8 Å². The number of hydrogen-bond donors (Lipinski definition) is 1. The van der Waals surface area contributed by atoms with Gasteiger partial charge in [0.1, 0.15) is 5.70 Å². The lowest BCUT2D eigenvalue weighted by Crippen LogP contribution is -2.30. The molecule has 1 aromatic heterocycles. The summed E-state index contributed by atoms with van der Waals surface area (Å²) in [6.07, 6.45) is -3.30. The maximum Gasteiger partial charge on any atom is 0.430 e. The molecule has 1 unspecified atom stereocenters. The van der Waals surface area contributed by atoms with Crippen LogP contribution in [0.25, 0.3) is 11.3 Å². The zero-order chi connectivity index (χ0) is 19.7. The van der Waals surface area contributed by atoms with Crippen molar-refractivity contribution >= 4 is 11.3 Å². The van der Waals surface area contributed by atoms with Gasteiger partial charge in [-0.1, -0.05) is 65.8 Å². The molecule has 0 aliphatic carbocycles. The van der Waals surface area contributed by atoms with Gasteiger partial charge in [-0.2, -0.15) is 13.2 Å². The van der Waals surface area contributed by atoms with Crippen LogP contribution in [0.2, 0.25) is 0 Å². The molecule has 0 spiro atoms. The number of nitrogens with zero attached hydrogens (tertiary/aromatic N) is 1. The van der Waals surface area contributed by atoms with Gasteiger partial charge in [0.2, 0.25) is 0 Å². The number of alkyl halides is 3. The topological polar surface area (TPSA) is 38.1 Å². The van der Waals surface area contributed by atoms with Crippen molar-refractivity contribution in [1.29, 1.82) is 0 Å². The zero-order valence-electron chi connectivity index (χ0n) is 15.0. The molecule has 142 valence electrons. The second-order valence-corrected chi connectivity index (χ2v) is 6.58. The molecule has 0 radical (unpaired) electrons. The first-order valence-electron chi connectivity index (χ1n) is 8.78. The summed E-state index contributed by atoms with van der Waals surface area (Å²) in [5.74, 6) is -0.197. The maximum absolute atomic E-state index is 13.7. The number of benzene rings is 2. The van der Waals surface area contributed by atoms with Crippen LogP contribution in [0, 0.1) is 6.92 Å². The minimum atomic E-state index is -4.50. The first-order valence-corrected chi connectivity index (χ1v) is 8.78. The van der Waals surface area contributed by atoms with E-state index in [0.717, 1.165) is 5.56 Å². The van der Waals surface area contributed by atoms with Crippen molar-refractivity contribution in [3.63, 3.8) is 0 Å². The highest BCUT2D eigenvalue weighted by atomic mass is 19.4. The lowest BCUT2D eigenvalue weighted by molar-refractivity contribution is -0.0955. The Labute approximate surface area is 160 Å². The van der Waals surface area contributed by atoms with Crippen LogP contribution in [0.4, 0.5) is 13.2 Å². The van der Waals surface area contributed by atoms with Gasteiger partial charge in [0.15, 0.2) is 5.76 Å². The van der Waals surface area contributed by atoms with Gasteiger partial charge in [0.05, 0.1) is 11.4 Å². The first kappa shape index (κ1) is 18.1. The van der Waals surface area contributed by atoms with Crippen molar-refractivity contribution in [1.82, 2.24) is 10.5 Å². The number of aryl methyl sites for hydroxylation is 1. The third kappa shape index (κ3) is 3.45. The summed E-state index contributed by atoms with van der Waals surface area (Å²) in [5, 5.41) is 6.53. The number of aromatic nitrogens is 1. The van der Waals surface area contributed by atoms with Crippen molar-refractivity contribution in [2.24, 2.45) is 0 Å². The number of dihydropyridines is 1. The average Bonchev–Trinajstić information content (AvgIpc) is 3.13. The summed E-state index contributed by atoms with van der Waals surface area (Å²) in [7, 11) is 0. The number of nitrogens with one attached hydrogen (secondary N) is 1. The summed E-state index contributed by atoms with van der Waals surface area (Å²) < 4.78 is 46.5. The molecule has 3 nitrogen and oxygen atoms in total. The van der Waals surface area contributed by atoms with E-state index in [4.69, 9.17) is 4.52 Å². The van der Waals surface area contributed by atoms with Crippen LogP contribution in [0.1, 0.15) is 28.5 Å². The molecule has 0 bridgehead atoms. The number of rotatable bonds is 3. The first-order chi connectivity index (χ1) is 13.4. The Kier molecular flexibility index (Phi) is 4.55. The van der Waals surface area contributed by atoms with Crippen molar-refractivity contribution in [3.8, 4) is 0 Å².